The number of thiazole rings is 1. The Bertz CT molecular complexity index is 733. The molecule has 4 heteroatoms. The number of rotatable bonds is 4. The van der Waals surface area contributed by atoms with E-state index in [2.05, 4.69) is 35.6 Å². The van der Waals surface area contributed by atoms with E-state index in [1.165, 1.54) is 10.3 Å². The second-order valence-electron chi connectivity index (χ2n) is 5.13. The standard InChI is InChI=1S/C17H17ClN2S/c1-11-9-12(7-8-13(11)18)15(19-2)10-17-20-14-5-3-4-6-16(14)21-17/h3-9,15,19H,10H2,1-2H3. The first kappa shape index (κ1) is 14.5. The maximum atomic E-state index is 6.11. The molecule has 0 aliphatic heterocycles. The molecule has 1 N–H and O–H groups in total. The van der Waals surface area contributed by atoms with Gasteiger partial charge in [-0.05, 0) is 43.3 Å². The topological polar surface area (TPSA) is 24.9 Å². The van der Waals surface area contributed by atoms with Crippen molar-refractivity contribution in [1.29, 1.82) is 0 Å². The fraction of sp³-hybridized carbons (Fsp3) is 0.235. The van der Waals surface area contributed by atoms with E-state index < -0.39 is 0 Å². The molecule has 0 spiro atoms. The molecule has 0 saturated heterocycles. The average Bonchev–Trinajstić information content (AvgIpc) is 2.90. The van der Waals surface area contributed by atoms with Gasteiger partial charge in [0.25, 0.3) is 0 Å². The smallest absolute Gasteiger partial charge is 0.0957 e. The molecule has 1 aromatic heterocycles. The molecule has 108 valence electrons. The Balaban J connectivity index is 1.88. The molecule has 1 heterocycles. The zero-order valence-corrected chi connectivity index (χ0v) is 13.6. The fourth-order valence-electron chi connectivity index (χ4n) is 2.45. The van der Waals surface area contributed by atoms with Crippen LogP contribution >= 0.6 is 22.9 Å². The Morgan fingerprint density at radius 3 is 2.76 bits per heavy atom. The Morgan fingerprint density at radius 1 is 1.24 bits per heavy atom. The Kier molecular flexibility index (Phi) is 4.24. The molecule has 2 nitrogen and oxygen atoms in total. The van der Waals surface area contributed by atoms with Crippen LogP contribution in [0.5, 0.6) is 0 Å². The molecule has 1 unspecified atom stereocenters. The number of fused-ring (bicyclic) bond motifs is 1. The first-order valence-electron chi connectivity index (χ1n) is 6.95. The van der Waals surface area contributed by atoms with Gasteiger partial charge in [-0.1, -0.05) is 35.9 Å². The molecule has 0 bridgehead atoms. The summed E-state index contributed by atoms with van der Waals surface area (Å²) in [5.41, 5.74) is 3.44. The third-order valence-corrected chi connectivity index (χ3v) is 5.13. The van der Waals surface area contributed by atoms with Crippen molar-refractivity contribution in [2.45, 2.75) is 19.4 Å². The van der Waals surface area contributed by atoms with E-state index in [9.17, 15) is 0 Å². The average molecular weight is 317 g/mol. The number of benzene rings is 2. The van der Waals surface area contributed by atoms with E-state index in [0.29, 0.717) is 0 Å². The third kappa shape index (κ3) is 3.10. The van der Waals surface area contributed by atoms with E-state index in [1.54, 1.807) is 11.3 Å². The van der Waals surface area contributed by atoms with E-state index in [-0.39, 0.29) is 6.04 Å². The van der Waals surface area contributed by atoms with Gasteiger partial charge in [-0.3, -0.25) is 0 Å². The molecule has 0 radical (unpaired) electrons. The number of nitrogens with zero attached hydrogens (tertiary/aromatic N) is 1. The molecule has 3 aromatic rings. The van der Waals surface area contributed by atoms with Gasteiger partial charge in [0.15, 0.2) is 0 Å². The SMILES string of the molecule is CNC(Cc1nc2ccccc2s1)c1ccc(Cl)c(C)c1. The molecular formula is C17H17ClN2S. The summed E-state index contributed by atoms with van der Waals surface area (Å²) in [5.74, 6) is 0. The highest BCUT2D eigenvalue weighted by Crippen LogP contribution is 2.27. The van der Waals surface area contributed by atoms with Gasteiger partial charge >= 0.3 is 0 Å². The van der Waals surface area contributed by atoms with Crippen LogP contribution in [0.3, 0.4) is 0 Å². The molecule has 3 rings (SSSR count). The first-order chi connectivity index (χ1) is 10.2. The van der Waals surface area contributed by atoms with Crippen molar-refractivity contribution < 1.29 is 0 Å². The zero-order chi connectivity index (χ0) is 14.8. The molecule has 21 heavy (non-hydrogen) atoms. The van der Waals surface area contributed by atoms with Gasteiger partial charge in [0.05, 0.1) is 15.2 Å². The predicted octanol–water partition coefficient (Wildman–Crippen LogP) is 4.76. The highest BCUT2D eigenvalue weighted by Gasteiger charge is 2.14. The zero-order valence-electron chi connectivity index (χ0n) is 12.1. The number of hydrogen-bond donors (Lipinski definition) is 1. The lowest BCUT2D eigenvalue weighted by atomic mass is 10.0. The number of likely N-dealkylation sites (N-methyl/N-ethyl adjacent to an activating group) is 1. The Hall–Kier alpha value is -1.42. The summed E-state index contributed by atoms with van der Waals surface area (Å²) < 4.78 is 1.25. The molecule has 0 saturated carbocycles. The van der Waals surface area contributed by atoms with Gasteiger partial charge in [-0.2, -0.15) is 0 Å². The van der Waals surface area contributed by atoms with Crippen LogP contribution in [0.25, 0.3) is 10.2 Å². The number of aromatic nitrogens is 1. The second-order valence-corrected chi connectivity index (χ2v) is 6.65. The van der Waals surface area contributed by atoms with Crippen LogP contribution < -0.4 is 5.32 Å². The van der Waals surface area contributed by atoms with Crippen LogP contribution in [0.15, 0.2) is 42.5 Å². The Morgan fingerprint density at radius 2 is 2.05 bits per heavy atom. The number of nitrogens with one attached hydrogen (secondary N) is 1. The van der Waals surface area contributed by atoms with Crippen molar-refractivity contribution >= 4 is 33.2 Å². The van der Waals surface area contributed by atoms with Crippen LogP contribution in [-0.4, -0.2) is 12.0 Å². The highest BCUT2D eigenvalue weighted by atomic mass is 35.5. The van der Waals surface area contributed by atoms with Crippen molar-refractivity contribution in [2.75, 3.05) is 7.05 Å². The maximum absolute atomic E-state index is 6.11. The summed E-state index contributed by atoms with van der Waals surface area (Å²) in [6.45, 7) is 2.04. The van der Waals surface area contributed by atoms with Crippen molar-refractivity contribution in [3.05, 3.63) is 63.6 Å². The summed E-state index contributed by atoms with van der Waals surface area (Å²) in [6, 6.07) is 14.7. The van der Waals surface area contributed by atoms with Gasteiger partial charge in [0.2, 0.25) is 0 Å². The van der Waals surface area contributed by atoms with Crippen LogP contribution in [0.4, 0.5) is 0 Å². The molecule has 1 atom stereocenters. The Labute approximate surface area is 133 Å². The minimum Gasteiger partial charge on any atom is -0.313 e. The molecule has 2 aromatic carbocycles. The summed E-state index contributed by atoms with van der Waals surface area (Å²) in [7, 11) is 1.99. The van der Waals surface area contributed by atoms with Crippen LogP contribution in [0.1, 0.15) is 22.2 Å². The molecular weight excluding hydrogens is 300 g/mol. The monoisotopic (exact) mass is 316 g/mol. The third-order valence-electron chi connectivity index (χ3n) is 3.65. The predicted molar refractivity (Wildman–Crippen MR) is 91.3 cm³/mol. The minimum absolute atomic E-state index is 0.251. The van der Waals surface area contributed by atoms with Crippen molar-refractivity contribution in [3.8, 4) is 0 Å². The van der Waals surface area contributed by atoms with Gasteiger partial charge in [0, 0.05) is 17.5 Å². The number of aryl methyl sites for hydroxylation is 1. The fourth-order valence-corrected chi connectivity index (χ4v) is 3.58. The second kappa shape index (κ2) is 6.14. The highest BCUT2D eigenvalue weighted by molar-refractivity contribution is 7.18. The minimum atomic E-state index is 0.251. The van der Waals surface area contributed by atoms with Crippen LogP contribution in [-0.2, 0) is 6.42 Å². The van der Waals surface area contributed by atoms with E-state index in [1.807, 2.05) is 26.1 Å². The summed E-state index contributed by atoms with van der Waals surface area (Å²) in [5, 5.41) is 5.35. The van der Waals surface area contributed by atoms with Crippen molar-refractivity contribution in [1.82, 2.24) is 10.3 Å². The van der Waals surface area contributed by atoms with Crippen LogP contribution in [0.2, 0.25) is 5.02 Å². The van der Waals surface area contributed by atoms with E-state index in [4.69, 9.17) is 16.6 Å². The van der Waals surface area contributed by atoms with Gasteiger partial charge < -0.3 is 5.32 Å². The number of halogens is 1. The molecule has 0 aliphatic carbocycles. The van der Waals surface area contributed by atoms with Crippen LogP contribution in [0, 0.1) is 6.92 Å². The largest absolute Gasteiger partial charge is 0.313 e. The number of para-hydroxylation sites is 1. The molecule has 0 aliphatic rings. The van der Waals surface area contributed by atoms with Gasteiger partial charge in [0.1, 0.15) is 0 Å². The van der Waals surface area contributed by atoms with Gasteiger partial charge in [-0.25, -0.2) is 4.98 Å². The quantitative estimate of drug-likeness (QED) is 0.750. The molecule has 0 fully saturated rings. The van der Waals surface area contributed by atoms with E-state index in [0.717, 1.165) is 27.5 Å². The van der Waals surface area contributed by atoms with E-state index >= 15 is 0 Å². The van der Waals surface area contributed by atoms with Gasteiger partial charge in [-0.15, -0.1) is 11.3 Å². The van der Waals surface area contributed by atoms with Crippen molar-refractivity contribution in [2.24, 2.45) is 0 Å². The lowest BCUT2D eigenvalue weighted by Gasteiger charge is -2.16. The lowest BCUT2D eigenvalue weighted by molar-refractivity contribution is 0.590. The number of hydrogen-bond acceptors (Lipinski definition) is 3. The lowest BCUT2D eigenvalue weighted by Crippen LogP contribution is -2.18. The summed E-state index contributed by atoms with van der Waals surface area (Å²) >= 11 is 7.88. The summed E-state index contributed by atoms with van der Waals surface area (Å²) in [4.78, 5) is 4.72. The first-order valence-corrected chi connectivity index (χ1v) is 8.14. The summed E-state index contributed by atoms with van der Waals surface area (Å²) in [6.07, 6.45) is 0.886. The normalized spacial score (nSPS) is 12.7. The van der Waals surface area contributed by atoms with Crippen molar-refractivity contribution in [3.63, 3.8) is 0 Å². The molecule has 0 amide bonds. The maximum Gasteiger partial charge on any atom is 0.0957 e.